The number of allylic oxidation sites excluding steroid dienone is 1. The summed E-state index contributed by atoms with van der Waals surface area (Å²) in [4.78, 5) is 10.6. The Morgan fingerprint density at radius 2 is 2.50 bits per heavy atom. The van der Waals surface area contributed by atoms with Crippen LogP contribution in [0.25, 0.3) is 0 Å². The van der Waals surface area contributed by atoms with Gasteiger partial charge in [0.15, 0.2) is 6.29 Å². The molecule has 0 saturated heterocycles. The van der Waals surface area contributed by atoms with E-state index in [1.807, 2.05) is 13.8 Å². The molecule has 3 nitrogen and oxygen atoms in total. The van der Waals surface area contributed by atoms with Crippen LogP contribution in [0.1, 0.15) is 23.0 Å². The fraction of sp³-hybridized carbons (Fsp3) is 0.333. The highest BCUT2D eigenvalue weighted by Gasteiger charge is 2.04. The zero-order chi connectivity index (χ0) is 9.14. The average molecular weight is 164 g/mol. The van der Waals surface area contributed by atoms with Crippen LogP contribution in [0.2, 0.25) is 0 Å². The molecule has 0 radical (unpaired) electrons. The van der Waals surface area contributed by atoms with Crippen molar-refractivity contribution in [2.75, 3.05) is 0 Å². The van der Waals surface area contributed by atoms with E-state index in [-0.39, 0.29) is 0 Å². The Kier molecular flexibility index (Phi) is 2.43. The van der Waals surface area contributed by atoms with Crippen molar-refractivity contribution in [1.29, 1.82) is 0 Å². The first-order valence-electron chi connectivity index (χ1n) is 3.77. The van der Waals surface area contributed by atoms with Crippen LogP contribution in [0.5, 0.6) is 0 Å². The molecule has 0 fully saturated rings. The largest absolute Gasteiger partial charge is 0.296 e. The van der Waals surface area contributed by atoms with Gasteiger partial charge >= 0.3 is 0 Å². The average Bonchev–Trinajstić information content (AvgIpc) is 2.30. The summed E-state index contributed by atoms with van der Waals surface area (Å²) in [5, 5.41) is 4.05. The van der Waals surface area contributed by atoms with Crippen molar-refractivity contribution in [1.82, 2.24) is 9.78 Å². The Labute approximate surface area is 71.7 Å². The fourth-order valence-corrected chi connectivity index (χ4v) is 1.02. The Balaban J connectivity index is 2.99. The molecule has 64 valence electrons. The maximum absolute atomic E-state index is 10.6. The number of carbonyl (C=O) groups excluding carboxylic acids is 1. The molecule has 0 unspecified atom stereocenters. The summed E-state index contributed by atoms with van der Waals surface area (Å²) in [5.41, 5.74) is 2.53. The summed E-state index contributed by atoms with van der Waals surface area (Å²) in [6.07, 6.45) is 2.51. The monoisotopic (exact) mass is 164 g/mol. The van der Waals surface area contributed by atoms with Gasteiger partial charge in [-0.2, -0.15) is 5.10 Å². The number of carbonyl (C=O) groups is 1. The third-order valence-corrected chi connectivity index (χ3v) is 1.60. The van der Waals surface area contributed by atoms with Crippen LogP contribution in [0, 0.1) is 6.92 Å². The smallest absolute Gasteiger partial charge is 0.168 e. The molecule has 0 N–H and O–H groups in total. The Morgan fingerprint density at radius 1 is 1.83 bits per heavy atom. The molecule has 0 atom stereocenters. The van der Waals surface area contributed by atoms with Crippen LogP contribution >= 0.6 is 0 Å². The summed E-state index contributed by atoms with van der Waals surface area (Å²) in [6.45, 7) is 8.15. The van der Waals surface area contributed by atoms with E-state index in [0.29, 0.717) is 12.2 Å². The van der Waals surface area contributed by atoms with Gasteiger partial charge in [-0.3, -0.25) is 9.48 Å². The fourth-order valence-electron chi connectivity index (χ4n) is 1.02. The molecule has 0 aliphatic heterocycles. The van der Waals surface area contributed by atoms with Crippen molar-refractivity contribution in [2.45, 2.75) is 20.4 Å². The Morgan fingerprint density at radius 3 is 3.00 bits per heavy atom. The van der Waals surface area contributed by atoms with Crippen molar-refractivity contribution >= 4 is 6.29 Å². The van der Waals surface area contributed by atoms with Crippen molar-refractivity contribution in [3.8, 4) is 0 Å². The van der Waals surface area contributed by atoms with Crippen LogP contribution in [0.3, 0.4) is 0 Å². The lowest BCUT2D eigenvalue weighted by atomic mass is 10.3. The number of aryl methyl sites for hydroxylation is 1. The van der Waals surface area contributed by atoms with Gasteiger partial charge in [-0.05, 0) is 19.4 Å². The predicted molar refractivity (Wildman–Crippen MR) is 47.2 cm³/mol. The molecule has 1 heterocycles. The van der Waals surface area contributed by atoms with E-state index in [4.69, 9.17) is 0 Å². The topological polar surface area (TPSA) is 34.9 Å². The molecular weight excluding hydrogens is 152 g/mol. The molecular formula is C9H12N2O. The first-order chi connectivity index (χ1) is 5.65. The third-order valence-electron chi connectivity index (χ3n) is 1.60. The first kappa shape index (κ1) is 8.71. The van der Waals surface area contributed by atoms with Gasteiger partial charge < -0.3 is 0 Å². The van der Waals surface area contributed by atoms with Crippen molar-refractivity contribution in [3.05, 3.63) is 29.6 Å². The van der Waals surface area contributed by atoms with E-state index in [1.165, 1.54) is 0 Å². The highest BCUT2D eigenvalue weighted by atomic mass is 16.1. The number of aldehydes is 1. The number of hydrogen-bond acceptors (Lipinski definition) is 2. The molecule has 1 rings (SSSR count). The molecule has 0 aromatic carbocycles. The van der Waals surface area contributed by atoms with Gasteiger partial charge in [0.25, 0.3) is 0 Å². The molecule has 12 heavy (non-hydrogen) atoms. The summed E-state index contributed by atoms with van der Waals surface area (Å²) in [5.74, 6) is 0. The molecule has 1 aromatic rings. The number of hydrogen-bond donors (Lipinski definition) is 0. The Bertz CT molecular complexity index is 312. The van der Waals surface area contributed by atoms with Gasteiger partial charge in [-0.15, -0.1) is 0 Å². The number of aromatic nitrogens is 2. The van der Waals surface area contributed by atoms with Gasteiger partial charge in [0.05, 0.1) is 12.7 Å². The highest BCUT2D eigenvalue weighted by molar-refractivity contribution is 5.74. The van der Waals surface area contributed by atoms with Crippen LogP contribution in [-0.2, 0) is 6.54 Å². The summed E-state index contributed by atoms with van der Waals surface area (Å²) in [6, 6.07) is 0. The molecule has 0 spiro atoms. The molecule has 3 heteroatoms. The van der Waals surface area contributed by atoms with Crippen LogP contribution < -0.4 is 0 Å². The summed E-state index contributed by atoms with van der Waals surface area (Å²) in [7, 11) is 0. The number of rotatable bonds is 3. The lowest BCUT2D eigenvalue weighted by Gasteiger charge is -2.01. The van der Waals surface area contributed by atoms with Crippen molar-refractivity contribution in [3.63, 3.8) is 0 Å². The second-order valence-corrected chi connectivity index (χ2v) is 2.95. The van der Waals surface area contributed by atoms with Gasteiger partial charge in [-0.1, -0.05) is 12.2 Å². The minimum absolute atomic E-state index is 0.613. The van der Waals surface area contributed by atoms with Crippen LogP contribution in [0.15, 0.2) is 18.3 Å². The van der Waals surface area contributed by atoms with Crippen molar-refractivity contribution < 1.29 is 4.79 Å². The molecule has 0 amide bonds. The molecule has 0 bridgehead atoms. The van der Waals surface area contributed by atoms with Gasteiger partial charge in [0.2, 0.25) is 0 Å². The van der Waals surface area contributed by atoms with Crippen LogP contribution in [0.4, 0.5) is 0 Å². The maximum Gasteiger partial charge on any atom is 0.168 e. The van der Waals surface area contributed by atoms with E-state index < -0.39 is 0 Å². The Hall–Kier alpha value is -1.38. The summed E-state index contributed by atoms with van der Waals surface area (Å²) >= 11 is 0. The summed E-state index contributed by atoms with van der Waals surface area (Å²) < 4.78 is 1.66. The van der Waals surface area contributed by atoms with E-state index in [9.17, 15) is 4.79 Å². The second kappa shape index (κ2) is 3.34. The van der Waals surface area contributed by atoms with E-state index in [0.717, 1.165) is 17.4 Å². The van der Waals surface area contributed by atoms with Gasteiger partial charge in [0, 0.05) is 0 Å². The minimum Gasteiger partial charge on any atom is -0.296 e. The van der Waals surface area contributed by atoms with Gasteiger partial charge in [0.1, 0.15) is 5.69 Å². The second-order valence-electron chi connectivity index (χ2n) is 2.95. The van der Waals surface area contributed by atoms with Crippen molar-refractivity contribution in [2.24, 2.45) is 0 Å². The molecule has 1 aromatic heterocycles. The molecule has 0 aliphatic rings. The lowest BCUT2D eigenvalue weighted by Crippen LogP contribution is -2.05. The lowest BCUT2D eigenvalue weighted by molar-refractivity contribution is 0.111. The highest BCUT2D eigenvalue weighted by Crippen LogP contribution is 2.05. The third kappa shape index (κ3) is 1.61. The van der Waals surface area contributed by atoms with E-state index in [1.54, 1.807) is 10.9 Å². The minimum atomic E-state index is 0.613. The predicted octanol–water partition coefficient (Wildman–Crippen LogP) is 1.58. The zero-order valence-corrected chi connectivity index (χ0v) is 7.37. The first-order valence-corrected chi connectivity index (χ1v) is 3.77. The van der Waals surface area contributed by atoms with E-state index in [2.05, 4.69) is 11.7 Å². The standard InChI is InChI=1S/C9H12N2O/c1-7(2)5-11-9(6-12)8(3)4-10-11/h4,6H,1,5H2,2-3H3. The SMILES string of the molecule is C=C(C)Cn1ncc(C)c1C=O. The normalized spacial score (nSPS) is 9.83. The van der Waals surface area contributed by atoms with E-state index >= 15 is 0 Å². The quantitative estimate of drug-likeness (QED) is 0.502. The maximum atomic E-state index is 10.6. The van der Waals surface area contributed by atoms with Gasteiger partial charge in [-0.25, -0.2) is 0 Å². The van der Waals surface area contributed by atoms with Crippen LogP contribution in [-0.4, -0.2) is 16.1 Å². The molecule has 0 saturated carbocycles. The number of nitrogens with zero attached hydrogens (tertiary/aromatic N) is 2. The molecule has 0 aliphatic carbocycles. The zero-order valence-electron chi connectivity index (χ0n) is 7.37.